The highest BCUT2D eigenvalue weighted by molar-refractivity contribution is 6.36. The van der Waals surface area contributed by atoms with Gasteiger partial charge in [-0.05, 0) is 24.1 Å². The summed E-state index contributed by atoms with van der Waals surface area (Å²) in [4.78, 5) is 56.8. The Bertz CT molecular complexity index is 2010. The monoisotopic (exact) mass is 629 g/mol. The number of nitrogens with zero attached hydrogens (tertiary/aromatic N) is 4. The quantitative estimate of drug-likeness (QED) is 0.284. The highest BCUT2D eigenvalue weighted by Crippen LogP contribution is 2.40. The molecule has 0 radical (unpaired) electrons. The molecule has 6 rings (SSSR count). The Morgan fingerprint density at radius 2 is 1.67 bits per heavy atom. The van der Waals surface area contributed by atoms with Crippen molar-refractivity contribution in [2.24, 2.45) is 19.8 Å². The molecular formula is C32H32ClN7O5. The predicted octanol–water partition coefficient (Wildman–Crippen LogP) is 2.42. The van der Waals surface area contributed by atoms with E-state index in [1.807, 2.05) is 43.3 Å². The van der Waals surface area contributed by atoms with Crippen LogP contribution in [-0.4, -0.2) is 63.2 Å². The number of nitrogens with two attached hydrogens (primary N) is 1. The topological polar surface area (TPSA) is 154 Å². The third-order valence-corrected chi connectivity index (χ3v) is 9.02. The van der Waals surface area contributed by atoms with Crippen LogP contribution < -0.4 is 32.4 Å². The SMILES string of the molecule is COc1nc(-c2cccc(-c3cccc(-c4c(C(N)=O)c(=O)n(C)c(=O)n4C)c3C)c2Cl)ccc1CN1CC2(CNC(=O)N2)C1. The molecule has 1 spiro atoms. The van der Waals surface area contributed by atoms with E-state index in [4.69, 9.17) is 27.1 Å². The number of methoxy groups -OCH3 is 1. The maximum Gasteiger partial charge on any atom is 0.330 e. The Morgan fingerprint density at radius 3 is 2.31 bits per heavy atom. The zero-order valence-corrected chi connectivity index (χ0v) is 26.0. The van der Waals surface area contributed by atoms with Gasteiger partial charge in [0.1, 0.15) is 5.56 Å². The molecule has 0 aliphatic carbocycles. The zero-order valence-electron chi connectivity index (χ0n) is 25.2. The minimum atomic E-state index is -0.926. The first-order chi connectivity index (χ1) is 21.4. The van der Waals surface area contributed by atoms with Crippen LogP contribution in [0.15, 0.2) is 58.1 Å². The number of rotatable bonds is 7. The molecule has 4 N–H and O–H groups in total. The van der Waals surface area contributed by atoms with Crippen molar-refractivity contribution in [1.29, 1.82) is 0 Å². The maximum atomic E-state index is 12.9. The molecule has 13 heteroatoms. The molecule has 232 valence electrons. The van der Waals surface area contributed by atoms with Gasteiger partial charge < -0.3 is 21.1 Å². The number of nitrogens with one attached hydrogen (secondary N) is 2. The largest absolute Gasteiger partial charge is 0.481 e. The van der Waals surface area contributed by atoms with Crippen LogP contribution in [0.25, 0.3) is 33.6 Å². The van der Waals surface area contributed by atoms with E-state index in [2.05, 4.69) is 15.5 Å². The van der Waals surface area contributed by atoms with E-state index in [1.54, 1.807) is 19.2 Å². The molecule has 0 saturated carbocycles. The van der Waals surface area contributed by atoms with Gasteiger partial charge in [0.2, 0.25) is 5.88 Å². The van der Waals surface area contributed by atoms with Crippen LogP contribution in [0.5, 0.6) is 5.88 Å². The van der Waals surface area contributed by atoms with Gasteiger partial charge in [0.05, 0.1) is 29.1 Å². The van der Waals surface area contributed by atoms with E-state index >= 15 is 0 Å². The lowest BCUT2D eigenvalue weighted by Crippen LogP contribution is -2.68. The molecule has 0 bridgehead atoms. The van der Waals surface area contributed by atoms with Crippen LogP contribution in [0, 0.1) is 6.92 Å². The van der Waals surface area contributed by atoms with E-state index in [0.717, 1.165) is 28.8 Å². The van der Waals surface area contributed by atoms with Crippen molar-refractivity contribution in [3.63, 3.8) is 0 Å². The minimum Gasteiger partial charge on any atom is -0.481 e. The molecule has 2 aromatic heterocycles. The molecule has 12 nitrogen and oxygen atoms in total. The number of hydrogen-bond donors (Lipinski definition) is 3. The van der Waals surface area contributed by atoms with Crippen molar-refractivity contribution in [3.05, 3.63) is 91.1 Å². The molecule has 2 saturated heterocycles. The number of likely N-dealkylation sites (tertiary alicyclic amines) is 1. The summed E-state index contributed by atoms with van der Waals surface area (Å²) < 4.78 is 7.78. The summed E-state index contributed by atoms with van der Waals surface area (Å²) in [6.45, 7) is 4.53. The van der Waals surface area contributed by atoms with Crippen LogP contribution in [0.4, 0.5) is 4.79 Å². The van der Waals surface area contributed by atoms with Gasteiger partial charge in [-0.15, -0.1) is 0 Å². The number of hydrogen-bond acceptors (Lipinski definition) is 7. The number of pyridine rings is 1. The van der Waals surface area contributed by atoms with Gasteiger partial charge in [0.25, 0.3) is 11.5 Å². The third kappa shape index (κ3) is 5.05. The van der Waals surface area contributed by atoms with Gasteiger partial charge >= 0.3 is 11.7 Å². The first kappa shape index (κ1) is 30.1. The number of urea groups is 1. The van der Waals surface area contributed by atoms with Crippen LogP contribution in [0.2, 0.25) is 5.02 Å². The fourth-order valence-electron chi connectivity index (χ4n) is 6.35. The number of amides is 3. The Balaban J connectivity index is 1.36. The van der Waals surface area contributed by atoms with Gasteiger partial charge in [0, 0.05) is 62.5 Å². The van der Waals surface area contributed by atoms with Gasteiger partial charge in [-0.25, -0.2) is 14.6 Å². The summed E-state index contributed by atoms with van der Waals surface area (Å²) in [5.41, 5.74) is 8.81. The Morgan fingerprint density at radius 1 is 1.00 bits per heavy atom. The highest BCUT2D eigenvalue weighted by Gasteiger charge is 2.47. The second-order valence-corrected chi connectivity index (χ2v) is 11.9. The standard InChI is InChI=1S/C32H32ClN7O5/c1-17-19(7-5-8-20(17)26-24(27(34)41)29(42)39(3)31(44)38(26)2)21-9-6-10-22(25(21)33)23-12-11-18(28(36-23)45-4)13-40-15-32(16-40)14-35-30(43)37-32/h5-12H,13-16H2,1-4H3,(H2,34,41)(H2,35,37,43). The van der Waals surface area contributed by atoms with Crippen molar-refractivity contribution < 1.29 is 14.3 Å². The van der Waals surface area contributed by atoms with Crippen molar-refractivity contribution >= 4 is 23.5 Å². The van der Waals surface area contributed by atoms with Crippen molar-refractivity contribution in [1.82, 2.24) is 29.7 Å². The van der Waals surface area contributed by atoms with Gasteiger partial charge in [-0.3, -0.25) is 23.6 Å². The van der Waals surface area contributed by atoms with Crippen LogP contribution in [0.1, 0.15) is 21.5 Å². The van der Waals surface area contributed by atoms with E-state index in [1.165, 1.54) is 18.7 Å². The molecule has 2 aliphatic rings. The minimum absolute atomic E-state index is 0.133. The molecule has 2 aliphatic heterocycles. The zero-order chi connectivity index (χ0) is 32.2. The van der Waals surface area contributed by atoms with Crippen LogP contribution in [0.3, 0.4) is 0 Å². The smallest absolute Gasteiger partial charge is 0.330 e. The number of ether oxygens (including phenoxy) is 1. The summed E-state index contributed by atoms with van der Waals surface area (Å²) >= 11 is 7.05. The first-order valence-electron chi connectivity index (χ1n) is 14.3. The lowest BCUT2D eigenvalue weighted by Gasteiger charge is -2.47. The van der Waals surface area contributed by atoms with Gasteiger partial charge in [-0.1, -0.05) is 54.1 Å². The molecule has 2 aromatic carbocycles. The lowest BCUT2D eigenvalue weighted by molar-refractivity contribution is 0.0587. The summed E-state index contributed by atoms with van der Waals surface area (Å²) in [5, 5.41) is 6.27. The maximum absolute atomic E-state index is 12.9. The molecule has 2 fully saturated rings. The van der Waals surface area contributed by atoms with Gasteiger partial charge in [0.15, 0.2) is 0 Å². The molecular weight excluding hydrogens is 598 g/mol. The van der Waals surface area contributed by atoms with Gasteiger partial charge in [-0.2, -0.15) is 0 Å². The normalized spacial score (nSPS) is 15.4. The first-order valence-corrected chi connectivity index (χ1v) is 14.6. The number of primary amides is 1. The number of halogens is 1. The number of carbonyl (C=O) groups excluding carboxylic acids is 2. The fourth-order valence-corrected chi connectivity index (χ4v) is 6.68. The molecule has 0 atom stereocenters. The average Bonchev–Trinajstić information content (AvgIpc) is 3.40. The Hall–Kier alpha value is -4.94. The van der Waals surface area contributed by atoms with E-state index in [0.29, 0.717) is 51.9 Å². The summed E-state index contributed by atoms with van der Waals surface area (Å²) in [6.07, 6.45) is 0. The van der Waals surface area contributed by atoms with Crippen molar-refractivity contribution in [2.75, 3.05) is 26.7 Å². The molecule has 0 unspecified atom stereocenters. The van der Waals surface area contributed by atoms with E-state index < -0.39 is 17.2 Å². The van der Waals surface area contributed by atoms with E-state index in [9.17, 15) is 19.2 Å². The second kappa shape index (κ2) is 11.2. The lowest BCUT2D eigenvalue weighted by atomic mass is 9.90. The second-order valence-electron chi connectivity index (χ2n) is 11.5. The number of carbonyl (C=O) groups is 2. The molecule has 4 aromatic rings. The molecule has 45 heavy (non-hydrogen) atoms. The number of benzene rings is 2. The molecule has 3 amide bonds. The Kier molecular flexibility index (Phi) is 7.50. The summed E-state index contributed by atoms with van der Waals surface area (Å²) in [6, 6.07) is 14.7. The Labute approximate surface area is 263 Å². The fraction of sp³-hybridized carbons (Fsp3) is 0.281. The number of aromatic nitrogens is 3. The predicted molar refractivity (Wildman–Crippen MR) is 170 cm³/mol. The summed E-state index contributed by atoms with van der Waals surface area (Å²) in [5.74, 6) is -0.447. The van der Waals surface area contributed by atoms with E-state index in [-0.39, 0.29) is 22.8 Å². The van der Waals surface area contributed by atoms with Crippen LogP contribution in [-0.2, 0) is 20.6 Å². The highest BCUT2D eigenvalue weighted by atomic mass is 35.5. The third-order valence-electron chi connectivity index (χ3n) is 8.61. The average molecular weight is 630 g/mol. The molecule has 4 heterocycles. The summed E-state index contributed by atoms with van der Waals surface area (Å²) in [7, 11) is 4.38. The van der Waals surface area contributed by atoms with Crippen LogP contribution >= 0.6 is 11.6 Å². The van der Waals surface area contributed by atoms with Crippen molar-refractivity contribution in [2.45, 2.75) is 19.0 Å². The van der Waals surface area contributed by atoms with Crippen molar-refractivity contribution in [3.8, 4) is 39.5 Å².